The predicted octanol–water partition coefficient (Wildman–Crippen LogP) is 2.73. The summed E-state index contributed by atoms with van der Waals surface area (Å²) in [5.74, 6) is 1.33. The molecule has 158 valence electrons. The monoisotopic (exact) mass is 425 g/mol. The van der Waals surface area contributed by atoms with Gasteiger partial charge in [-0.2, -0.15) is 5.10 Å². The fourth-order valence-corrected chi connectivity index (χ4v) is 4.87. The van der Waals surface area contributed by atoms with E-state index in [1.807, 2.05) is 59.8 Å². The number of nitrogens with zero attached hydrogens (tertiary/aromatic N) is 4. The molecule has 7 nitrogen and oxygen atoms in total. The summed E-state index contributed by atoms with van der Waals surface area (Å²) in [7, 11) is 0.515. The van der Waals surface area contributed by atoms with Crippen LogP contribution in [0.3, 0.4) is 0 Å². The number of nitrogens with one attached hydrogen (secondary N) is 1. The molecule has 0 saturated carbocycles. The Balaban J connectivity index is 1.50. The summed E-state index contributed by atoms with van der Waals surface area (Å²) in [6.45, 7) is 6.99. The number of rotatable bonds is 7. The van der Waals surface area contributed by atoms with E-state index >= 15 is 0 Å². The Kier molecular flexibility index (Phi) is 6.69. The second-order valence-electron chi connectivity index (χ2n) is 7.37. The maximum absolute atomic E-state index is 13.3. The van der Waals surface area contributed by atoms with Crippen LogP contribution in [-0.2, 0) is 15.7 Å². The van der Waals surface area contributed by atoms with Gasteiger partial charge in [-0.1, -0.05) is 42.5 Å². The summed E-state index contributed by atoms with van der Waals surface area (Å²) in [6.07, 6.45) is 0. The van der Waals surface area contributed by atoms with Crippen LogP contribution in [0.25, 0.3) is 22.8 Å². The largest absolute Gasteiger partial charge is 0.383 e. The summed E-state index contributed by atoms with van der Waals surface area (Å²) in [5, 5.41) is 7.38. The minimum Gasteiger partial charge on any atom is -0.383 e. The first-order valence-corrected chi connectivity index (χ1v) is 11.2. The van der Waals surface area contributed by atoms with E-state index in [9.17, 15) is 4.21 Å². The van der Waals surface area contributed by atoms with Gasteiger partial charge >= 0.3 is 0 Å². The highest BCUT2D eigenvalue weighted by Gasteiger charge is 2.23. The van der Waals surface area contributed by atoms with Crippen molar-refractivity contribution in [3.8, 4) is 22.8 Å². The van der Waals surface area contributed by atoms with Crippen molar-refractivity contribution < 1.29 is 8.95 Å². The lowest BCUT2D eigenvalue weighted by atomic mass is 10.1. The highest BCUT2D eigenvalue weighted by Crippen LogP contribution is 2.25. The molecule has 2 heterocycles. The van der Waals surface area contributed by atoms with Gasteiger partial charge in [0.2, 0.25) is 0 Å². The Bertz CT molecular complexity index is 1000. The molecule has 1 aliphatic heterocycles. The van der Waals surface area contributed by atoms with Gasteiger partial charge in [-0.15, -0.1) is 0 Å². The van der Waals surface area contributed by atoms with Crippen LogP contribution in [0.15, 0.2) is 53.4 Å². The second kappa shape index (κ2) is 9.61. The average Bonchev–Trinajstić information content (AvgIpc) is 3.29. The minimum atomic E-state index is -1.21. The first kappa shape index (κ1) is 20.9. The number of H-pyrrole nitrogens is 1. The molecule has 1 unspecified atom stereocenters. The molecule has 1 N–H and O–H groups in total. The van der Waals surface area contributed by atoms with Gasteiger partial charge in [-0.3, -0.25) is 10.00 Å². The molecular weight excluding hydrogens is 398 g/mol. The Labute approximate surface area is 179 Å². The van der Waals surface area contributed by atoms with Crippen LogP contribution < -0.4 is 0 Å². The Morgan fingerprint density at radius 3 is 2.57 bits per heavy atom. The van der Waals surface area contributed by atoms with Crippen molar-refractivity contribution in [2.75, 3.05) is 46.4 Å². The lowest BCUT2D eigenvalue weighted by Crippen LogP contribution is -2.47. The molecule has 3 aromatic rings. The molecular formula is C22H27N5O2S. The third-order valence-electron chi connectivity index (χ3n) is 5.34. The fraction of sp³-hybridized carbons (Fsp3) is 0.364. The van der Waals surface area contributed by atoms with Gasteiger partial charge in [0.15, 0.2) is 11.6 Å². The van der Waals surface area contributed by atoms with Crippen LogP contribution in [0.5, 0.6) is 0 Å². The van der Waals surface area contributed by atoms with Crippen molar-refractivity contribution in [2.45, 2.75) is 11.8 Å². The van der Waals surface area contributed by atoms with Crippen molar-refractivity contribution in [2.24, 2.45) is 0 Å². The van der Waals surface area contributed by atoms with Crippen LogP contribution in [0.2, 0.25) is 0 Å². The van der Waals surface area contributed by atoms with E-state index in [0.717, 1.165) is 66.7 Å². The molecule has 0 spiro atoms. The van der Waals surface area contributed by atoms with Gasteiger partial charge < -0.3 is 4.74 Å². The zero-order valence-electron chi connectivity index (χ0n) is 17.4. The number of hydrogen-bond donors (Lipinski definition) is 1. The zero-order chi connectivity index (χ0) is 20.9. The van der Waals surface area contributed by atoms with Crippen molar-refractivity contribution in [3.63, 3.8) is 0 Å². The zero-order valence-corrected chi connectivity index (χ0v) is 18.2. The second-order valence-corrected chi connectivity index (χ2v) is 8.82. The number of aromatic nitrogens is 3. The van der Waals surface area contributed by atoms with Crippen LogP contribution in [0.1, 0.15) is 5.56 Å². The molecule has 0 amide bonds. The van der Waals surface area contributed by atoms with E-state index in [2.05, 4.69) is 20.1 Å². The molecule has 2 aromatic carbocycles. The quantitative estimate of drug-likeness (QED) is 0.630. The summed E-state index contributed by atoms with van der Waals surface area (Å²) in [4.78, 5) is 7.80. The fourth-order valence-electron chi connectivity index (χ4n) is 3.52. The molecule has 30 heavy (non-hydrogen) atoms. The Morgan fingerprint density at radius 1 is 1.07 bits per heavy atom. The highest BCUT2D eigenvalue weighted by molar-refractivity contribution is 7.82. The molecule has 0 aliphatic carbocycles. The number of piperazine rings is 1. The Hall–Kier alpha value is -2.39. The van der Waals surface area contributed by atoms with Crippen LogP contribution in [-0.4, -0.2) is 75.0 Å². The first-order valence-electron chi connectivity index (χ1n) is 10.1. The molecule has 1 atom stereocenters. The normalized spacial score (nSPS) is 16.6. The van der Waals surface area contributed by atoms with Crippen LogP contribution in [0, 0.1) is 6.92 Å². The summed E-state index contributed by atoms with van der Waals surface area (Å²) >= 11 is 0. The van der Waals surface area contributed by atoms with Crippen molar-refractivity contribution in [1.29, 1.82) is 0 Å². The van der Waals surface area contributed by atoms with Gasteiger partial charge in [-0.05, 0) is 18.6 Å². The molecule has 1 aromatic heterocycles. The van der Waals surface area contributed by atoms with Gasteiger partial charge in [0.1, 0.15) is 11.0 Å². The van der Waals surface area contributed by atoms with Crippen molar-refractivity contribution in [3.05, 3.63) is 54.1 Å². The third kappa shape index (κ3) is 4.67. The van der Waals surface area contributed by atoms with E-state index in [0.29, 0.717) is 5.82 Å². The van der Waals surface area contributed by atoms with Gasteiger partial charge in [0, 0.05) is 51.0 Å². The average molecular weight is 426 g/mol. The maximum Gasteiger partial charge on any atom is 0.181 e. The number of aryl methyl sites for hydroxylation is 1. The molecule has 8 heteroatoms. The molecule has 1 fully saturated rings. The lowest BCUT2D eigenvalue weighted by molar-refractivity contribution is 0.124. The SMILES string of the molecule is COCCN1CCN(S(=O)c2cc(-c3n[nH]c(-c4ccccc4)n3)ccc2C)CC1. The van der Waals surface area contributed by atoms with E-state index in [1.165, 1.54) is 0 Å². The number of hydrogen-bond acceptors (Lipinski definition) is 5. The molecule has 1 aliphatic rings. The lowest BCUT2D eigenvalue weighted by Gasteiger charge is -2.33. The number of ether oxygens (including phenoxy) is 1. The van der Waals surface area contributed by atoms with Gasteiger partial charge in [0.25, 0.3) is 0 Å². The molecule has 4 rings (SSSR count). The van der Waals surface area contributed by atoms with E-state index in [-0.39, 0.29) is 0 Å². The number of benzene rings is 2. The van der Waals surface area contributed by atoms with Gasteiger partial charge in [-0.25, -0.2) is 13.5 Å². The summed E-state index contributed by atoms with van der Waals surface area (Å²) in [6, 6.07) is 15.8. The van der Waals surface area contributed by atoms with Crippen molar-refractivity contribution in [1.82, 2.24) is 24.4 Å². The third-order valence-corrected chi connectivity index (χ3v) is 6.99. The number of aromatic amines is 1. The molecule has 0 bridgehead atoms. The summed E-state index contributed by atoms with van der Waals surface area (Å²) in [5.41, 5.74) is 2.86. The smallest absolute Gasteiger partial charge is 0.181 e. The van der Waals surface area contributed by atoms with E-state index in [4.69, 9.17) is 4.74 Å². The standard InChI is InChI=1S/C22H27N5O2S/c1-17-8-9-19(22-23-21(24-25-22)18-6-4-3-5-7-18)16-20(17)30(28)27-12-10-26(11-13-27)14-15-29-2/h3-9,16H,10-15H2,1-2H3,(H,23,24,25). The summed E-state index contributed by atoms with van der Waals surface area (Å²) < 4.78 is 20.5. The Morgan fingerprint density at radius 2 is 1.83 bits per heavy atom. The molecule has 0 radical (unpaired) electrons. The maximum atomic E-state index is 13.3. The predicted molar refractivity (Wildman–Crippen MR) is 118 cm³/mol. The first-order chi connectivity index (χ1) is 14.7. The highest BCUT2D eigenvalue weighted by atomic mass is 32.2. The minimum absolute atomic E-state index is 0.608. The van der Waals surface area contributed by atoms with Gasteiger partial charge in [0.05, 0.1) is 11.5 Å². The van der Waals surface area contributed by atoms with Crippen molar-refractivity contribution >= 4 is 11.0 Å². The van der Waals surface area contributed by atoms with E-state index in [1.54, 1.807) is 7.11 Å². The van der Waals surface area contributed by atoms with E-state index < -0.39 is 11.0 Å². The number of methoxy groups -OCH3 is 1. The van der Waals surface area contributed by atoms with Crippen LogP contribution in [0.4, 0.5) is 0 Å². The van der Waals surface area contributed by atoms with Crippen LogP contribution >= 0.6 is 0 Å². The molecule has 1 saturated heterocycles. The topological polar surface area (TPSA) is 74.3 Å².